The zero-order valence-corrected chi connectivity index (χ0v) is 9.65. The molecule has 1 saturated carbocycles. The summed E-state index contributed by atoms with van der Waals surface area (Å²) in [7, 11) is 0. The summed E-state index contributed by atoms with van der Waals surface area (Å²) in [4.78, 5) is 0. The topological polar surface area (TPSA) is 60.2 Å². The fraction of sp³-hybridized carbons (Fsp3) is 0.800. The molecule has 1 N–H and O–H groups in total. The maximum atomic E-state index is 11.9. The molecule has 5 nitrogen and oxygen atoms in total. The highest BCUT2D eigenvalue weighted by atomic mass is 19.4. The Bertz CT molecular complexity index is 402. The molecule has 2 rings (SSSR count). The number of aliphatic hydroxyl groups excluding tert-OH is 1. The maximum Gasteiger partial charge on any atom is 0.411 e. The van der Waals surface area contributed by atoms with Crippen LogP contribution in [0.25, 0.3) is 0 Å². The molecule has 1 aromatic heterocycles. The van der Waals surface area contributed by atoms with Gasteiger partial charge in [0.2, 0.25) is 0 Å². The quantitative estimate of drug-likeness (QED) is 0.786. The van der Waals surface area contributed by atoms with E-state index in [2.05, 4.69) is 14.9 Å². The number of aliphatic hydroxyl groups is 1. The highest BCUT2D eigenvalue weighted by molar-refractivity contribution is 5.02. The largest absolute Gasteiger partial charge is 0.411 e. The molecule has 0 aromatic carbocycles. The Morgan fingerprint density at radius 2 is 1.94 bits per heavy atom. The third-order valence-electron chi connectivity index (χ3n) is 2.63. The van der Waals surface area contributed by atoms with Crippen molar-refractivity contribution in [1.29, 1.82) is 0 Å². The van der Waals surface area contributed by atoms with Crippen LogP contribution in [-0.4, -0.2) is 39.3 Å². The van der Waals surface area contributed by atoms with Crippen LogP contribution < -0.4 is 0 Å². The number of halogens is 3. The fourth-order valence-electron chi connectivity index (χ4n) is 1.74. The molecule has 1 aliphatic carbocycles. The number of nitrogens with zero attached hydrogens (tertiary/aromatic N) is 3. The van der Waals surface area contributed by atoms with E-state index >= 15 is 0 Å². The van der Waals surface area contributed by atoms with E-state index in [0.717, 1.165) is 12.8 Å². The summed E-state index contributed by atoms with van der Waals surface area (Å²) in [6, 6.07) is 0.278. The Hall–Kier alpha value is -1.15. The molecule has 1 aliphatic rings. The van der Waals surface area contributed by atoms with Crippen LogP contribution in [0.5, 0.6) is 0 Å². The van der Waals surface area contributed by atoms with Crippen LogP contribution in [0, 0.1) is 0 Å². The monoisotopic (exact) mass is 265 g/mol. The minimum Gasteiger partial charge on any atom is -0.388 e. The smallest absolute Gasteiger partial charge is 0.388 e. The van der Waals surface area contributed by atoms with Gasteiger partial charge in [-0.1, -0.05) is 0 Å². The van der Waals surface area contributed by atoms with Gasteiger partial charge in [-0.05, 0) is 12.8 Å². The van der Waals surface area contributed by atoms with Crippen molar-refractivity contribution in [2.45, 2.75) is 38.1 Å². The summed E-state index contributed by atoms with van der Waals surface area (Å²) < 4.78 is 41.9. The van der Waals surface area contributed by atoms with E-state index in [9.17, 15) is 13.2 Å². The standard InChI is InChI=1S/C10H14F3N3O2/c11-10(12,13)6-18-4-3-8-14-15-9(5-17)16(8)7-1-2-7/h7,17H,1-6H2. The second-order valence-electron chi connectivity index (χ2n) is 4.21. The number of aromatic nitrogens is 3. The zero-order valence-electron chi connectivity index (χ0n) is 9.65. The van der Waals surface area contributed by atoms with E-state index in [0.29, 0.717) is 11.6 Å². The van der Waals surface area contributed by atoms with Crippen molar-refractivity contribution in [2.24, 2.45) is 0 Å². The first-order valence-corrected chi connectivity index (χ1v) is 5.69. The molecule has 0 radical (unpaired) electrons. The summed E-state index contributed by atoms with van der Waals surface area (Å²) in [5.74, 6) is 1.03. The minimum atomic E-state index is -4.31. The average Bonchev–Trinajstić information content (AvgIpc) is 3.04. The van der Waals surface area contributed by atoms with Gasteiger partial charge < -0.3 is 14.4 Å². The average molecular weight is 265 g/mol. The van der Waals surface area contributed by atoms with Crippen molar-refractivity contribution in [1.82, 2.24) is 14.8 Å². The first-order chi connectivity index (χ1) is 8.51. The number of hydrogen-bond acceptors (Lipinski definition) is 4. The van der Waals surface area contributed by atoms with Crippen molar-refractivity contribution < 1.29 is 23.0 Å². The highest BCUT2D eigenvalue weighted by Crippen LogP contribution is 2.36. The van der Waals surface area contributed by atoms with Crippen molar-refractivity contribution in [3.05, 3.63) is 11.6 Å². The van der Waals surface area contributed by atoms with Crippen LogP contribution in [0.2, 0.25) is 0 Å². The third-order valence-corrected chi connectivity index (χ3v) is 2.63. The Balaban J connectivity index is 1.87. The van der Waals surface area contributed by atoms with Crippen LogP contribution in [0.3, 0.4) is 0 Å². The lowest BCUT2D eigenvalue weighted by Crippen LogP contribution is -2.18. The zero-order chi connectivity index (χ0) is 13.2. The van der Waals surface area contributed by atoms with Gasteiger partial charge in [0.25, 0.3) is 0 Å². The number of rotatable bonds is 6. The molecular weight excluding hydrogens is 251 g/mol. The number of hydrogen-bond donors (Lipinski definition) is 1. The van der Waals surface area contributed by atoms with Gasteiger partial charge in [-0.2, -0.15) is 13.2 Å². The molecule has 1 aromatic rings. The van der Waals surface area contributed by atoms with E-state index in [-0.39, 0.29) is 25.7 Å². The Kier molecular flexibility index (Phi) is 3.86. The third kappa shape index (κ3) is 3.42. The molecule has 1 fully saturated rings. The van der Waals surface area contributed by atoms with E-state index in [4.69, 9.17) is 5.11 Å². The molecule has 0 atom stereocenters. The molecule has 0 saturated heterocycles. The molecule has 102 valence electrons. The van der Waals surface area contributed by atoms with Crippen LogP contribution in [0.4, 0.5) is 13.2 Å². The summed E-state index contributed by atoms with van der Waals surface area (Å²) in [6.07, 6.45) is -2.07. The molecule has 0 spiro atoms. The number of ether oxygens (including phenoxy) is 1. The highest BCUT2D eigenvalue weighted by Gasteiger charge is 2.30. The van der Waals surface area contributed by atoms with Gasteiger partial charge in [-0.3, -0.25) is 0 Å². The lowest BCUT2D eigenvalue weighted by Gasteiger charge is -2.09. The van der Waals surface area contributed by atoms with Crippen LogP contribution in [-0.2, 0) is 17.8 Å². The van der Waals surface area contributed by atoms with Gasteiger partial charge in [0.1, 0.15) is 19.0 Å². The number of alkyl halides is 3. The van der Waals surface area contributed by atoms with Crippen LogP contribution in [0.15, 0.2) is 0 Å². The summed E-state index contributed by atoms with van der Waals surface area (Å²) in [5, 5.41) is 16.8. The van der Waals surface area contributed by atoms with E-state index in [1.807, 2.05) is 0 Å². The van der Waals surface area contributed by atoms with Gasteiger partial charge in [0.05, 0.1) is 6.61 Å². The van der Waals surface area contributed by atoms with Gasteiger partial charge >= 0.3 is 6.18 Å². The predicted molar refractivity (Wildman–Crippen MR) is 54.8 cm³/mol. The normalized spacial score (nSPS) is 16.2. The predicted octanol–water partition coefficient (Wildman–Crippen LogP) is 1.23. The first-order valence-electron chi connectivity index (χ1n) is 5.69. The Morgan fingerprint density at radius 3 is 2.50 bits per heavy atom. The summed E-state index contributed by atoms with van der Waals surface area (Å²) >= 11 is 0. The van der Waals surface area contributed by atoms with E-state index in [1.165, 1.54) is 0 Å². The second kappa shape index (κ2) is 5.23. The Morgan fingerprint density at radius 1 is 1.28 bits per heavy atom. The van der Waals surface area contributed by atoms with E-state index in [1.54, 1.807) is 4.57 Å². The van der Waals surface area contributed by atoms with Gasteiger partial charge in [-0.15, -0.1) is 10.2 Å². The molecule has 8 heteroatoms. The van der Waals surface area contributed by atoms with Gasteiger partial charge in [-0.25, -0.2) is 0 Å². The molecule has 0 amide bonds. The molecule has 18 heavy (non-hydrogen) atoms. The molecular formula is C10H14F3N3O2. The SMILES string of the molecule is OCc1nnc(CCOCC(F)(F)F)n1C1CC1. The summed E-state index contributed by atoms with van der Waals surface area (Å²) in [6.45, 7) is -1.53. The summed E-state index contributed by atoms with van der Waals surface area (Å²) in [5.41, 5.74) is 0. The molecule has 0 aliphatic heterocycles. The molecule has 0 bridgehead atoms. The minimum absolute atomic E-state index is 0.0597. The first kappa shape index (κ1) is 13.3. The van der Waals surface area contributed by atoms with Gasteiger partial charge in [0.15, 0.2) is 5.82 Å². The molecule has 0 unspecified atom stereocenters. The van der Waals surface area contributed by atoms with Crippen LogP contribution in [0.1, 0.15) is 30.5 Å². The Labute approximate surface area is 102 Å². The van der Waals surface area contributed by atoms with Crippen molar-refractivity contribution in [2.75, 3.05) is 13.2 Å². The van der Waals surface area contributed by atoms with Gasteiger partial charge in [0, 0.05) is 12.5 Å². The van der Waals surface area contributed by atoms with E-state index < -0.39 is 12.8 Å². The van der Waals surface area contributed by atoms with Crippen LogP contribution >= 0.6 is 0 Å². The van der Waals surface area contributed by atoms with Crippen molar-refractivity contribution >= 4 is 0 Å². The van der Waals surface area contributed by atoms with Crippen molar-refractivity contribution in [3.8, 4) is 0 Å². The molecule has 1 heterocycles. The lowest BCUT2D eigenvalue weighted by atomic mass is 10.4. The second-order valence-corrected chi connectivity index (χ2v) is 4.21. The maximum absolute atomic E-state index is 11.9. The lowest BCUT2D eigenvalue weighted by molar-refractivity contribution is -0.173. The van der Waals surface area contributed by atoms with Crippen molar-refractivity contribution in [3.63, 3.8) is 0 Å². The fourth-order valence-corrected chi connectivity index (χ4v) is 1.74.